The van der Waals surface area contributed by atoms with Gasteiger partial charge in [-0.2, -0.15) is 0 Å². The van der Waals surface area contributed by atoms with E-state index < -0.39 is 13.5 Å². The molecule has 1 aliphatic heterocycles. The van der Waals surface area contributed by atoms with Crippen molar-refractivity contribution in [3.63, 3.8) is 0 Å². The highest BCUT2D eigenvalue weighted by molar-refractivity contribution is 6.45. The van der Waals surface area contributed by atoms with E-state index in [1.807, 2.05) is 30.3 Å². The summed E-state index contributed by atoms with van der Waals surface area (Å²) in [6.45, 7) is 2.98. The molecule has 1 heterocycles. The van der Waals surface area contributed by atoms with Crippen molar-refractivity contribution in [2.75, 3.05) is 13.2 Å². The van der Waals surface area contributed by atoms with Gasteiger partial charge in [0.1, 0.15) is 5.75 Å². The van der Waals surface area contributed by atoms with Gasteiger partial charge in [-0.1, -0.05) is 18.2 Å². The molecule has 0 aromatic heterocycles. The first-order chi connectivity index (χ1) is 7.27. The van der Waals surface area contributed by atoms with Crippen molar-refractivity contribution >= 4 is 7.05 Å². The lowest BCUT2D eigenvalue weighted by atomic mass is 9.86. The average molecular weight is 207 g/mol. The maximum atomic E-state index is 9.47. The third-order valence-corrected chi connectivity index (χ3v) is 2.34. The molecule has 15 heavy (non-hydrogen) atoms. The Balaban J connectivity index is 2.00. The van der Waals surface area contributed by atoms with Gasteiger partial charge >= 0.3 is 7.05 Å². The Morgan fingerprint density at radius 1 is 1.47 bits per heavy atom. The van der Waals surface area contributed by atoms with E-state index in [2.05, 4.69) is 0 Å². The SMILES string of the molecule is CB(O)N1CCOC1Oc1ccccc1. The van der Waals surface area contributed by atoms with Gasteiger partial charge in [-0.25, -0.2) is 0 Å². The van der Waals surface area contributed by atoms with Crippen LogP contribution in [-0.2, 0) is 4.74 Å². The first kappa shape index (κ1) is 10.5. The minimum Gasteiger partial charge on any atom is -0.452 e. The van der Waals surface area contributed by atoms with Crippen LogP contribution < -0.4 is 4.74 Å². The molecule has 0 saturated carbocycles. The molecular formula is C10H14BNO3. The molecule has 0 bridgehead atoms. The Morgan fingerprint density at radius 2 is 2.20 bits per heavy atom. The lowest BCUT2D eigenvalue weighted by Gasteiger charge is -2.23. The molecule has 0 aliphatic carbocycles. The summed E-state index contributed by atoms with van der Waals surface area (Å²) in [4.78, 5) is 1.76. The van der Waals surface area contributed by atoms with Gasteiger partial charge in [0.05, 0.1) is 6.61 Å². The van der Waals surface area contributed by atoms with Gasteiger partial charge in [0.2, 0.25) is 0 Å². The van der Waals surface area contributed by atoms with Crippen LogP contribution in [0.2, 0.25) is 6.82 Å². The molecule has 4 nitrogen and oxygen atoms in total. The number of rotatable bonds is 3. The van der Waals surface area contributed by atoms with Crippen LogP contribution in [0.5, 0.6) is 5.75 Å². The highest BCUT2D eigenvalue weighted by atomic mass is 16.7. The molecular weight excluding hydrogens is 193 g/mol. The van der Waals surface area contributed by atoms with Gasteiger partial charge in [-0.15, -0.1) is 0 Å². The Bertz CT molecular complexity index is 307. The quantitative estimate of drug-likeness (QED) is 0.744. The monoisotopic (exact) mass is 207 g/mol. The molecule has 1 atom stereocenters. The molecule has 1 fully saturated rings. The molecule has 1 unspecified atom stereocenters. The Hall–Kier alpha value is -1.04. The topological polar surface area (TPSA) is 41.9 Å². The second-order valence-corrected chi connectivity index (χ2v) is 3.48. The zero-order valence-electron chi connectivity index (χ0n) is 8.67. The minimum atomic E-state index is -0.554. The van der Waals surface area contributed by atoms with E-state index in [1.54, 1.807) is 11.6 Å². The molecule has 0 radical (unpaired) electrons. The molecule has 1 aromatic carbocycles. The Kier molecular flexibility index (Phi) is 3.25. The van der Waals surface area contributed by atoms with Crippen LogP contribution in [0.25, 0.3) is 0 Å². The second-order valence-electron chi connectivity index (χ2n) is 3.48. The molecule has 80 valence electrons. The fourth-order valence-electron chi connectivity index (χ4n) is 1.54. The Morgan fingerprint density at radius 3 is 2.87 bits per heavy atom. The van der Waals surface area contributed by atoms with E-state index in [9.17, 15) is 5.02 Å². The largest absolute Gasteiger partial charge is 0.452 e. The van der Waals surface area contributed by atoms with Gasteiger partial charge in [0.25, 0.3) is 6.41 Å². The normalized spacial score (nSPS) is 21.6. The second kappa shape index (κ2) is 4.66. The van der Waals surface area contributed by atoms with Crippen molar-refractivity contribution in [3.05, 3.63) is 30.3 Å². The maximum absolute atomic E-state index is 9.47. The lowest BCUT2D eigenvalue weighted by molar-refractivity contribution is -0.0907. The van der Waals surface area contributed by atoms with Gasteiger partial charge in [0, 0.05) is 6.54 Å². The molecule has 1 aromatic rings. The molecule has 1 saturated heterocycles. The van der Waals surface area contributed by atoms with Crippen molar-refractivity contribution in [3.8, 4) is 5.75 Å². The van der Waals surface area contributed by atoms with E-state index in [1.165, 1.54) is 0 Å². The van der Waals surface area contributed by atoms with E-state index in [-0.39, 0.29) is 0 Å². The van der Waals surface area contributed by atoms with Gasteiger partial charge in [-0.05, 0) is 19.0 Å². The average Bonchev–Trinajstić information content (AvgIpc) is 2.67. The number of hydrogen-bond acceptors (Lipinski definition) is 4. The smallest absolute Gasteiger partial charge is 0.381 e. The summed E-state index contributed by atoms with van der Waals surface area (Å²) < 4.78 is 11.0. The molecule has 2 rings (SSSR count). The number of para-hydroxylation sites is 1. The predicted octanol–water partition coefficient (Wildman–Crippen LogP) is 0.791. The number of nitrogens with zero attached hydrogens (tertiary/aromatic N) is 1. The number of ether oxygens (including phenoxy) is 2. The van der Waals surface area contributed by atoms with Crippen molar-refractivity contribution < 1.29 is 14.5 Å². The summed E-state index contributed by atoms with van der Waals surface area (Å²) in [5.74, 6) is 0.745. The zero-order chi connectivity index (χ0) is 10.7. The van der Waals surface area contributed by atoms with Crippen molar-refractivity contribution in [2.45, 2.75) is 13.2 Å². The highest BCUT2D eigenvalue weighted by Gasteiger charge is 2.32. The van der Waals surface area contributed by atoms with Crippen LogP contribution in [-0.4, -0.2) is 36.5 Å². The third-order valence-electron chi connectivity index (χ3n) is 2.34. The summed E-state index contributed by atoms with van der Waals surface area (Å²) in [6, 6.07) is 9.45. The van der Waals surface area contributed by atoms with Gasteiger partial charge in [-0.3, -0.25) is 4.81 Å². The van der Waals surface area contributed by atoms with Crippen LogP contribution in [0.1, 0.15) is 0 Å². The van der Waals surface area contributed by atoms with Crippen molar-refractivity contribution in [1.29, 1.82) is 0 Å². The summed E-state index contributed by atoms with van der Waals surface area (Å²) in [7, 11) is -0.554. The highest BCUT2D eigenvalue weighted by Crippen LogP contribution is 2.17. The van der Waals surface area contributed by atoms with Crippen LogP contribution >= 0.6 is 0 Å². The number of benzene rings is 1. The first-order valence-electron chi connectivity index (χ1n) is 5.04. The van der Waals surface area contributed by atoms with Gasteiger partial charge < -0.3 is 14.5 Å². The molecule has 1 aliphatic rings. The number of hydrogen-bond donors (Lipinski definition) is 1. The van der Waals surface area contributed by atoms with Crippen LogP contribution in [0.4, 0.5) is 0 Å². The van der Waals surface area contributed by atoms with E-state index in [0.29, 0.717) is 13.2 Å². The van der Waals surface area contributed by atoms with Crippen LogP contribution in [0.3, 0.4) is 0 Å². The fraction of sp³-hybridized carbons (Fsp3) is 0.400. The molecule has 5 heteroatoms. The van der Waals surface area contributed by atoms with Crippen LogP contribution in [0, 0.1) is 0 Å². The summed E-state index contributed by atoms with van der Waals surface area (Å²) in [5.41, 5.74) is 0. The van der Waals surface area contributed by atoms with E-state index >= 15 is 0 Å². The molecule has 1 N–H and O–H groups in total. The summed E-state index contributed by atoms with van der Waals surface area (Å²) >= 11 is 0. The third kappa shape index (κ3) is 2.50. The lowest BCUT2D eigenvalue weighted by Crippen LogP contribution is -2.44. The molecule has 0 spiro atoms. The summed E-state index contributed by atoms with van der Waals surface area (Å²) in [5, 5.41) is 9.47. The first-order valence-corrected chi connectivity index (χ1v) is 5.04. The Labute approximate surface area is 89.5 Å². The predicted molar refractivity (Wildman–Crippen MR) is 57.4 cm³/mol. The van der Waals surface area contributed by atoms with E-state index in [0.717, 1.165) is 5.75 Å². The van der Waals surface area contributed by atoms with E-state index in [4.69, 9.17) is 9.47 Å². The van der Waals surface area contributed by atoms with Crippen LogP contribution in [0.15, 0.2) is 30.3 Å². The maximum Gasteiger partial charge on any atom is 0.381 e. The van der Waals surface area contributed by atoms with Crippen molar-refractivity contribution in [2.24, 2.45) is 0 Å². The van der Waals surface area contributed by atoms with Crippen molar-refractivity contribution in [1.82, 2.24) is 4.81 Å². The zero-order valence-corrected chi connectivity index (χ0v) is 8.67. The standard InChI is InChI=1S/C10H14BNO3/c1-11(13)12-7-8-14-10(12)15-9-5-3-2-4-6-9/h2-6,10,13H,7-8H2,1H3. The summed E-state index contributed by atoms with van der Waals surface area (Å²) in [6.07, 6.45) is -0.479. The minimum absolute atomic E-state index is 0.479. The van der Waals surface area contributed by atoms with Gasteiger partial charge in [0.15, 0.2) is 0 Å². The fourth-order valence-corrected chi connectivity index (χ4v) is 1.54. The molecule has 0 amide bonds.